The third-order valence-corrected chi connectivity index (χ3v) is 6.01. The Kier molecular flexibility index (Phi) is 7.43. The van der Waals surface area contributed by atoms with Crippen LogP contribution in [0.1, 0.15) is 36.9 Å². The standard InChI is InChI=1S/C20H24ClFN2O3S/c1-14-18(21)6-4-7-19(14)24(28(3,26)27)13-5-8-20(25)23-15(2)16-9-11-17(22)12-10-16/h4,6-7,9-12,15H,5,8,13H2,1-3H3,(H,23,25)/t15-/m0/s1. The number of halogens is 2. The molecule has 1 amide bonds. The third kappa shape index (κ3) is 5.94. The quantitative estimate of drug-likeness (QED) is 0.687. The van der Waals surface area contributed by atoms with Gasteiger partial charge < -0.3 is 5.32 Å². The van der Waals surface area contributed by atoms with E-state index in [9.17, 15) is 17.6 Å². The van der Waals surface area contributed by atoms with E-state index in [1.165, 1.54) is 16.4 Å². The van der Waals surface area contributed by atoms with Crippen LogP contribution in [0.5, 0.6) is 0 Å². The number of rotatable bonds is 8. The highest BCUT2D eigenvalue weighted by atomic mass is 35.5. The minimum absolute atomic E-state index is 0.164. The van der Waals surface area contributed by atoms with Crippen molar-refractivity contribution in [2.24, 2.45) is 0 Å². The molecule has 0 saturated heterocycles. The van der Waals surface area contributed by atoms with Crippen molar-refractivity contribution in [1.29, 1.82) is 0 Å². The molecule has 5 nitrogen and oxygen atoms in total. The molecule has 0 aliphatic rings. The maximum atomic E-state index is 13.0. The Hall–Kier alpha value is -2.12. The highest BCUT2D eigenvalue weighted by molar-refractivity contribution is 7.92. The van der Waals surface area contributed by atoms with E-state index in [-0.39, 0.29) is 30.7 Å². The minimum Gasteiger partial charge on any atom is -0.350 e. The van der Waals surface area contributed by atoms with E-state index in [4.69, 9.17) is 11.6 Å². The van der Waals surface area contributed by atoms with Crippen LogP contribution in [0.25, 0.3) is 0 Å². The number of benzene rings is 2. The van der Waals surface area contributed by atoms with Crippen molar-refractivity contribution in [2.75, 3.05) is 17.1 Å². The topological polar surface area (TPSA) is 66.5 Å². The largest absolute Gasteiger partial charge is 0.350 e. The number of carbonyl (C=O) groups is 1. The Balaban J connectivity index is 1.97. The lowest BCUT2D eigenvalue weighted by Gasteiger charge is -2.24. The highest BCUT2D eigenvalue weighted by Gasteiger charge is 2.20. The summed E-state index contributed by atoms with van der Waals surface area (Å²) in [7, 11) is -3.52. The van der Waals surface area contributed by atoms with E-state index in [0.717, 1.165) is 11.8 Å². The Labute approximate surface area is 170 Å². The zero-order valence-electron chi connectivity index (χ0n) is 16.1. The fourth-order valence-electron chi connectivity index (χ4n) is 2.86. The molecule has 28 heavy (non-hydrogen) atoms. The molecule has 0 bridgehead atoms. The zero-order valence-corrected chi connectivity index (χ0v) is 17.6. The van der Waals surface area contributed by atoms with Crippen LogP contribution in [-0.2, 0) is 14.8 Å². The summed E-state index contributed by atoms with van der Waals surface area (Å²) in [6, 6.07) is 10.7. The number of sulfonamides is 1. The van der Waals surface area contributed by atoms with Gasteiger partial charge in [0.1, 0.15) is 5.82 Å². The van der Waals surface area contributed by atoms with Crippen LogP contribution in [0.4, 0.5) is 10.1 Å². The fraction of sp³-hybridized carbons (Fsp3) is 0.350. The van der Waals surface area contributed by atoms with E-state index in [1.807, 2.05) is 6.92 Å². The SMILES string of the molecule is Cc1c(Cl)cccc1N(CCCC(=O)N[C@@H](C)c1ccc(F)cc1)S(C)(=O)=O. The van der Waals surface area contributed by atoms with Crippen molar-refractivity contribution in [3.63, 3.8) is 0 Å². The second-order valence-electron chi connectivity index (χ2n) is 6.66. The van der Waals surface area contributed by atoms with Gasteiger partial charge in [-0.25, -0.2) is 12.8 Å². The molecular formula is C20H24ClFN2O3S. The number of anilines is 1. The number of carbonyl (C=O) groups excluding carboxylic acids is 1. The Morgan fingerprint density at radius 1 is 1.21 bits per heavy atom. The normalized spacial score (nSPS) is 12.5. The molecule has 0 heterocycles. The Bertz CT molecular complexity index is 933. The molecule has 1 atom stereocenters. The van der Waals surface area contributed by atoms with Gasteiger partial charge in [-0.2, -0.15) is 0 Å². The van der Waals surface area contributed by atoms with Gasteiger partial charge in [-0.15, -0.1) is 0 Å². The van der Waals surface area contributed by atoms with Crippen LogP contribution in [0.3, 0.4) is 0 Å². The molecule has 2 rings (SSSR count). The van der Waals surface area contributed by atoms with Crippen molar-refractivity contribution in [3.05, 3.63) is 64.4 Å². The molecule has 2 aromatic rings. The summed E-state index contributed by atoms with van der Waals surface area (Å²) >= 11 is 6.11. The van der Waals surface area contributed by atoms with Gasteiger partial charge in [0.25, 0.3) is 0 Å². The minimum atomic E-state index is -3.52. The van der Waals surface area contributed by atoms with Crippen molar-refractivity contribution in [1.82, 2.24) is 5.32 Å². The van der Waals surface area contributed by atoms with Gasteiger partial charge in [0.15, 0.2) is 0 Å². The molecule has 2 aromatic carbocycles. The van der Waals surface area contributed by atoms with Crippen molar-refractivity contribution in [2.45, 2.75) is 32.7 Å². The Morgan fingerprint density at radius 2 is 1.86 bits per heavy atom. The lowest BCUT2D eigenvalue weighted by molar-refractivity contribution is -0.121. The molecule has 0 aliphatic carbocycles. The molecule has 152 valence electrons. The first kappa shape index (κ1) is 22.2. The summed E-state index contributed by atoms with van der Waals surface area (Å²) in [6.45, 7) is 3.73. The summed E-state index contributed by atoms with van der Waals surface area (Å²) in [5.41, 5.74) is 1.97. The number of hydrogen-bond acceptors (Lipinski definition) is 3. The van der Waals surface area contributed by atoms with Gasteiger partial charge in [-0.1, -0.05) is 29.8 Å². The lowest BCUT2D eigenvalue weighted by atomic mass is 10.1. The maximum Gasteiger partial charge on any atom is 0.232 e. The molecule has 0 spiro atoms. The van der Waals surface area contributed by atoms with Gasteiger partial charge in [-0.05, 0) is 55.7 Å². The second-order valence-corrected chi connectivity index (χ2v) is 8.98. The van der Waals surface area contributed by atoms with Gasteiger partial charge >= 0.3 is 0 Å². The second kappa shape index (κ2) is 9.39. The summed E-state index contributed by atoms with van der Waals surface area (Å²) in [5.74, 6) is -0.535. The molecule has 0 fully saturated rings. The molecule has 0 aliphatic heterocycles. The smallest absolute Gasteiger partial charge is 0.232 e. The lowest BCUT2D eigenvalue weighted by Crippen LogP contribution is -2.33. The van der Waals surface area contributed by atoms with Crippen LogP contribution in [-0.4, -0.2) is 27.1 Å². The average Bonchev–Trinajstić information content (AvgIpc) is 2.61. The van der Waals surface area contributed by atoms with Gasteiger partial charge in [0.2, 0.25) is 15.9 Å². The van der Waals surface area contributed by atoms with Crippen LogP contribution >= 0.6 is 11.6 Å². The molecular weight excluding hydrogens is 403 g/mol. The van der Waals surface area contributed by atoms with Crippen LogP contribution in [0.2, 0.25) is 5.02 Å². The molecule has 0 aromatic heterocycles. The molecule has 8 heteroatoms. The Morgan fingerprint density at radius 3 is 2.46 bits per heavy atom. The number of nitrogens with one attached hydrogen (secondary N) is 1. The predicted octanol–water partition coefficient (Wildman–Crippen LogP) is 4.21. The van der Waals surface area contributed by atoms with E-state index in [0.29, 0.717) is 22.7 Å². The predicted molar refractivity (Wildman–Crippen MR) is 111 cm³/mol. The average molecular weight is 427 g/mol. The van der Waals surface area contributed by atoms with E-state index >= 15 is 0 Å². The van der Waals surface area contributed by atoms with Crippen molar-refractivity contribution in [3.8, 4) is 0 Å². The first-order chi connectivity index (χ1) is 13.1. The van der Waals surface area contributed by atoms with Crippen molar-refractivity contribution >= 4 is 33.2 Å². The van der Waals surface area contributed by atoms with E-state index in [2.05, 4.69) is 5.32 Å². The van der Waals surface area contributed by atoms with Crippen LogP contribution in [0, 0.1) is 12.7 Å². The van der Waals surface area contributed by atoms with Gasteiger partial charge in [0.05, 0.1) is 18.0 Å². The summed E-state index contributed by atoms with van der Waals surface area (Å²) in [5, 5.41) is 3.32. The van der Waals surface area contributed by atoms with Gasteiger partial charge in [0, 0.05) is 18.0 Å². The third-order valence-electron chi connectivity index (χ3n) is 4.42. The number of amides is 1. The molecule has 0 unspecified atom stereocenters. The number of hydrogen-bond donors (Lipinski definition) is 1. The molecule has 1 N–H and O–H groups in total. The van der Waals surface area contributed by atoms with Crippen LogP contribution in [0.15, 0.2) is 42.5 Å². The number of nitrogens with zero attached hydrogens (tertiary/aromatic N) is 1. The molecule has 0 radical (unpaired) electrons. The summed E-state index contributed by atoms with van der Waals surface area (Å²) in [4.78, 5) is 12.2. The summed E-state index contributed by atoms with van der Waals surface area (Å²) in [6.07, 6.45) is 1.64. The first-order valence-corrected chi connectivity index (χ1v) is 11.1. The molecule has 0 saturated carbocycles. The highest BCUT2D eigenvalue weighted by Crippen LogP contribution is 2.28. The van der Waals surface area contributed by atoms with Gasteiger partial charge in [-0.3, -0.25) is 9.10 Å². The summed E-state index contributed by atoms with van der Waals surface area (Å²) < 4.78 is 38.7. The maximum absolute atomic E-state index is 13.0. The van der Waals surface area contributed by atoms with Crippen molar-refractivity contribution < 1.29 is 17.6 Å². The fourth-order valence-corrected chi connectivity index (χ4v) is 4.05. The first-order valence-electron chi connectivity index (χ1n) is 8.87. The van der Waals surface area contributed by atoms with E-state index < -0.39 is 10.0 Å². The van der Waals surface area contributed by atoms with E-state index in [1.54, 1.807) is 37.3 Å². The monoisotopic (exact) mass is 426 g/mol. The zero-order chi connectivity index (χ0) is 20.9. The van der Waals surface area contributed by atoms with Crippen LogP contribution < -0.4 is 9.62 Å².